The van der Waals surface area contributed by atoms with Gasteiger partial charge in [0.2, 0.25) is 0 Å². The Labute approximate surface area is 125 Å². The lowest BCUT2D eigenvalue weighted by Crippen LogP contribution is -2.16. The second-order valence-electron chi connectivity index (χ2n) is 4.92. The maximum Gasteiger partial charge on any atom is 0.305 e. The third-order valence-corrected chi connectivity index (χ3v) is 3.18. The van der Waals surface area contributed by atoms with E-state index >= 15 is 0 Å². The first kappa shape index (κ1) is 15.6. The lowest BCUT2D eigenvalue weighted by molar-refractivity contribution is -0.143. The number of fused-ring (bicyclic) bond motifs is 1. The van der Waals surface area contributed by atoms with Gasteiger partial charge < -0.3 is 19.5 Å². The fourth-order valence-electron chi connectivity index (χ4n) is 2.14. The van der Waals surface area contributed by atoms with Crippen LogP contribution in [0.1, 0.15) is 31.7 Å². The van der Waals surface area contributed by atoms with Gasteiger partial charge in [-0.2, -0.15) is 0 Å². The van der Waals surface area contributed by atoms with Gasteiger partial charge in [-0.15, -0.1) is 0 Å². The number of hydrogen-bond donors (Lipinski definition) is 1. The summed E-state index contributed by atoms with van der Waals surface area (Å²) < 4.78 is 16.1. The molecule has 1 aromatic rings. The van der Waals surface area contributed by atoms with Gasteiger partial charge in [-0.3, -0.25) is 4.79 Å². The van der Waals surface area contributed by atoms with Gasteiger partial charge in [0, 0.05) is 19.4 Å². The molecule has 5 heteroatoms. The summed E-state index contributed by atoms with van der Waals surface area (Å²) >= 11 is 0. The Morgan fingerprint density at radius 2 is 2.10 bits per heavy atom. The van der Waals surface area contributed by atoms with Crippen molar-refractivity contribution in [2.24, 2.45) is 0 Å². The van der Waals surface area contributed by atoms with Gasteiger partial charge in [-0.25, -0.2) is 0 Å². The summed E-state index contributed by atoms with van der Waals surface area (Å²) in [5.41, 5.74) is 1.15. The molecule has 2 rings (SSSR count). The molecule has 0 amide bonds. The minimum absolute atomic E-state index is 0.130. The number of rotatable bonds is 7. The smallest absolute Gasteiger partial charge is 0.305 e. The standard InChI is InChI=1S/C16H23NO4/c1-2-19-16(18)5-3-8-17-12-13-6-7-14-15(11-13)21-10-4-9-20-14/h6-7,11,17H,2-5,8-10,12H2,1H3. The molecular weight excluding hydrogens is 270 g/mol. The van der Waals surface area contributed by atoms with Crippen LogP contribution in [0, 0.1) is 0 Å². The van der Waals surface area contributed by atoms with Crippen LogP contribution >= 0.6 is 0 Å². The normalized spacial score (nSPS) is 13.6. The Morgan fingerprint density at radius 1 is 1.29 bits per heavy atom. The van der Waals surface area contributed by atoms with Crippen molar-refractivity contribution in [1.82, 2.24) is 5.32 Å². The van der Waals surface area contributed by atoms with E-state index in [0.717, 1.165) is 43.0 Å². The van der Waals surface area contributed by atoms with E-state index in [4.69, 9.17) is 14.2 Å². The second kappa shape index (κ2) is 8.52. The van der Waals surface area contributed by atoms with Crippen LogP contribution in [0.3, 0.4) is 0 Å². The number of ether oxygens (including phenoxy) is 3. The summed E-state index contributed by atoms with van der Waals surface area (Å²) in [5.74, 6) is 1.51. The van der Waals surface area contributed by atoms with Crippen molar-refractivity contribution < 1.29 is 19.0 Å². The van der Waals surface area contributed by atoms with Crippen LogP contribution in [0.2, 0.25) is 0 Å². The lowest BCUT2D eigenvalue weighted by Gasteiger charge is -2.10. The molecule has 0 atom stereocenters. The maximum absolute atomic E-state index is 11.2. The highest BCUT2D eigenvalue weighted by molar-refractivity contribution is 5.69. The number of esters is 1. The van der Waals surface area contributed by atoms with Crippen LogP contribution in [0.4, 0.5) is 0 Å². The van der Waals surface area contributed by atoms with E-state index in [1.165, 1.54) is 0 Å². The molecule has 0 unspecified atom stereocenters. The first-order valence-corrected chi connectivity index (χ1v) is 7.54. The van der Waals surface area contributed by atoms with E-state index in [1.54, 1.807) is 0 Å². The molecule has 21 heavy (non-hydrogen) atoms. The van der Waals surface area contributed by atoms with Crippen molar-refractivity contribution in [2.75, 3.05) is 26.4 Å². The van der Waals surface area contributed by atoms with Crippen molar-refractivity contribution in [2.45, 2.75) is 32.7 Å². The minimum atomic E-state index is -0.130. The van der Waals surface area contributed by atoms with Crippen molar-refractivity contribution in [1.29, 1.82) is 0 Å². The monoisotopic (exact) mass is 293 g/mol. The molecule has 0 fully saturated rings. The molecule has 0 radical (unpaired) electrons. The zero-order chi connectivity index (χ0) is 14.9. The topological polar surface area (TPSA) is 56.8 Å². The van der Waals surface area contributed by atoms with Gasteiger partial charge in [-0.1, -0.05) is 6.07 Å². The second-order valence-corrected chi connectivity index (χ2v) is 4.92. The first-order valence-electron chi connectivity index (χ1n) is 7.54. The summed E-state index contributed by atoms with van der Waals surface area (Å²) in [6, 6.07) is 6.00. The Bertz CT molecular complexity index is 462. The number of benzene rings is 1. The largest absolute Gasteiger partial charge is 0.490 e. The lowest BCUT2D eigenvalue weighted by atomic mass is 10.2. The molecule has 116 valence electrons. The van der Waals surface area contributed by atoms with Crippen molar-refractivity contribution in [3.8, 4) is 11.5 Å². The van der Waals surface area contributed by atoms with Crippen LogP contribution in [0.25, 0.3) is 0 Å². The van der Waals surface area contributed by atoms with Crippen LogP contribution in [-0.4, -0.2) is 32.3 Å². The highest BCUT2D eigenvalue weighted by Crippen LogP contribution is 2.30. The Balaban J connectivity index is 1.71. The Hall–Kier alpha value is -1.75. The molecule has 5 nitrogen and oxygen atoms in total. The summed E-state index contributed by atoms with van der Waals surface area (Å²) in [6.45, 7) is 5.21. The van der Waals surface area contributed by atoms with Gasteiger partial charge in [0.1, 0.15) is 0 Å². The van der Waals surface area contributed by atoms with Crippen LogP contribution in [-0.2, 0) is 16.1 Å². The van der Waals surface area contributed by atoms with Gasteiger partial charge >= 0.3 is 5.97 Å². The van der Waals surface area contributed by atoms with E-state index in [1.807, 2.05) is 25.1 Å². The number of hydrogen-bond acceptors (Lipinski definition) is 5. The fourth-order valence-corrected chi connectivity index (χ4v) is 2.14. The van der Waals surface area contributed by atoms with Crippen molar-refractivity contribution in [3.05, 3.63) is 23.8 Å². The van der Waals surface area contributed by atoms with E-state index < -0.39 is 0 Å². The van der Waals surface area contributed by atoms with E-state index in [9.17, 15) is 4.79 Å². The molecular formula is C16H23NO4. The maximum atomic E-state index is 11.2. The predicted octanol–water partition coefficient (Wildman–Crippen LogP) is 2.28. The zero-order valence-electron chi connectivity index (χ0n) is 12.5. The number of carbonyl (C=O) groups excluding carboxylic acids is 1. The van der Waals surface area contributed by atoms with E-state index in [0.29, 0.717) is 26.2 Å². The quantitative estimate of drug-likeness (QED) is 0.617. The average molecular weight is 293 g/mol. The van der Waals surface area contributed by atoms with Gasteiger partial charge in [0.05, 0.1) is 19.8 Å². The SMILES string of the molecule is CCOC(=O)CCCNCc1ccc2c(c1)OCCCO2. The molecule has 0 saturated carbocycles. The Morgan fingerprint density at radius 3 is 2.90 bits per heavy atom. The molecule has 0 aliphatic carbocycles. The van der Waals surface area contributed by atoms with Gasteiger partial charge in [-0.05, 0) is 37.6 Å². The highest BCUT2D eigenvalue weighted by Gasteiger charge is 2.10. The number of nitrogens with one attached hydrogen (secondary N) is 1. The van der Waals surface area contributed by atoms with Crippen LogP contribution in [0.5, 0.6) is 11.5 Å². The molecule has 1 heterocycles. The predicted molar refractivity (Wildman–Crippen MR) is 79.6 cm³/mol. The molecule has 0 saturated heterocycles. The van der Waals surface area contributed by atoms with E-state index in [-0.39, 0.29) is 5.97 Å². The zero-order valence-corrected chi connectivity index (χ0v) is 12.5. The van der Waals surface area contributed by atoms with E-state index in [2.05, 4.69) is 5.32 Å². The molecule has 0 aromatic heterocycles. The first-order chi connectivity index (χ1) is 10.3. The molecule has 1 aliphatic heterocycles. The molecule has 0 spiro atoms. The third kappa shape index (κ3) is 5.27. The molecule has 1 aromatic carbocycles. The summed E-state index contributed by atoms with van der Waals surface area (Å²) in [6.07, 6.45) is 2.15. The summed E-state index contributed by atoms with van der Waals surface area (Å²) in [5, 5.41) is 3.32. The van der Waals surface area contributed by atoms with Crippen LogP contribution < -0.4 is 14.8 Å². The highest BCUT2D eigenvalue weighted by atomic mass is 16.5. The third-order valence-electron chi connectivity index (χ3n) is 3.18. The summed E-state index contributed by atoms with van der Waals surface area (Å²) in [4.78, 5) is 11.2. The van der Waals surface area contributed by atoms with Crippen molar-refractivity contribution >= 4 is 5.97 Å². The average Bonchev–Trinajstić information content (AvgIpc) is 2.72. The van der Waals surface area contributed by atoms with Crippen LogP contribution in [0.15, 0.2) is 18.2 Å². The summed E-state index contributed by atoms with van der Waals surface area (Å²) in [7, 11) is 0. The molecule has 1 N–H and O–H groups in total. The molecule has 1 aliphatic rings. The fraction of sp³-hybridized carbons (Fsp3) is 0.562. The van der Waals surface area contributed by atoms with Gasteiger partial charge in [0.15, 0.2) is 11.5 Å². The molecule has 0 bridgehead atoms. The Kier molecular flexibility index (Phi) is 6.34. The number of carbonyl (C=O) groups is 1. The van der Waals surface area contributed by atoms with Gasteiger partial charge in [0.25, 0.3) is 0 Å². The van der Waals surface area contributed by atoms with Crippen molar-refractivity contribution in [3.63, 3.8) is 0 Å². The minimum Gasteiger partial charge on any atom is -0.490 e.